The molecule has 0 aliphatic carbocycles. The molecule has 0 radical (unpaired) electrons. The van der Waals surface area contributed by atoms with E-state index in [1.807, 2.05) is 60.7 Å². The van der Waals surface area contributed by atoms with E-state index in [9.17, 15) is 19.2 Å². The summed E-state index contributed by atoms with van der Waals surface area (Å²) in [6, 6.07) is 21.1. The number of hydrogen-bond acceptors (Lipinski definition) is 11. The van der Waals surface area contributed by atoms with E-state index in [2.05, 4.69) is 10.5 Å². The number of carbonyl (C=O) groups is 4. The third-order valence-corrected chi connectivity index (χ3v) is 9.35. The second-order valence-corrected chi connectivity index (χ2v) is 12.1. The number of hydrogen-bond donors (Lipinski definition) is 2. The zero-order chi connectivity index (χ0) is 31.2. The van der Waals surface area contributed by atoms with Gasteiger partial charge in [0, 0.05) is 29.7 Å². The predicted molar refractivity (Wildman–Crippen MR) is 165 cm³/mol. The third kappa shape index (κ3) is 6.54. The zero-order valence-corrected chi connectivity index (χ0v) is 25.6. The molecule has 0 saturated carbocycles. The number of amides is 2. The average Bonchev–Trinajstić information content (AvgIpc) is 3.53. The van der Waals surface area contributed by atoms with Crippen LogP contribution in [0.5, 0.6) is 0 Å². The van der Waals surface area contributed by atoms with Gasteiger partial charge in [0.25, 0.3) is 11.8 Å². The molecule has 0 spiro atoms. The van der Waals surface area contributed by atoms with Gasteiger partial charge in [-0.2, -0.15) is 0 Å². The van der Waals surface area contributed by atoms with Crippen LogP contribution in [-0.4, -0.2) is 65.2 Å². The number of oxime groups is 1. The second kappa shape index (κ2) is 13.9. The van der Waals surface area contributed by atoms with Gasteiger partial charge in [-0.1, -0.05) is 65.8 Å². The fraction of sp³-hybridized carbons (Fsp3) is 0.258. The molecule has 2 aliphatic rings. The molecule has 44 heavy (non-hydrogen) atoms. The Bertz CT molecular complexity index is 1570. The Balaban J connectivity index is 1.41. The number of nitrogens with zero attached hydrogens (tertiary/aromatic N) is 2. The lowest BCUT2D eigenvalue weighted by molar-refractivity contribution is -0.154. The number of benzene rings is 2. The van der Waals surface area contributed by atoms with E-state index in [4.69, 9.17) is 20.0 Å². The summed E-state index contributed by atoms with van der Waals surface area (Å²) in [6.07, 6.45) is -0.760. The van der Waals surface area contributed by atoms with Crippen LogP contribution in [0.15, 0.2) is 89.2 Å². The molecule has 2 amide bonds. The lowest BCUT2D eigenvalue weighted by Crippen LogP contribution is -2.71. The standard InChI is InChI=1S/C31H30N4O7S2/c1-18(36)41-16-21-17-43-30-25(33-28(37)24(34-40-2)23-14-13-22(15-32)44-23)29(38)35(30)26(21)31(39)42-27(19-9-5-3-6-10-19)20-11-7-4-8-12-20/h3-14,25,27,30H,15-17,32H2,1-2H3,(H,33,37)/b34-24+/t25-,30-/m1/s1. The molecule has 0 unspecified atom stereocenters. The molecule has 228 valence electrons. The average molecular weight is 635 g/mol. The van der Waals surface area contributed by atoms with Gasteiger partial charge < -0.3 is 25.4 Å². The molecule has 3 N–H and O–H groups in total. The van der Waals surface area contributed by atoms with Crippen LogP contribution >= 0.6 is 23.1 Å². The van der Waals surface area contributed by atoms with Crippen LogP contribution in [-0.2, 0) is 40.0 Å². The summed E-state index contributed by atoms with van der Waals surface area (Å²) in [7, 11) is 1.32. The van der Waals surface area contributed by atoms with Gasteiger partial charge in [-0.3, -0.25) is 19.3 Å². The molecule has 3 heterocycles. The first kappa shape index (κ1) is 31.0. The van der Waals surface area contributed by atoms with E-state index in [0.717, 1.165) is 16.0 Å². The molecular formula is C31H30N4O7S2. The molecule has 5 rings (SSSR count). The van der Waals surface area contributed by atoms with Gasteiger partial charge in [0.2, 0.25) is 0 Å². The van der Waals surface area contributed by atoms with E-state index >= 15 is 0 Å². The molecule has 3 aromatic rings. The van der Waals surface area contributed by atoms with Gasteiger partial charge in [0.1, 0.15) is 30.8 Å². The first-order valence-electron chi connectivity index (χ1n) is 13.6. The minimum atomic E-state index is -0.944. The minimum Gasteiger partial charge on any atom is -0.461 e. The minimum absolute atomic E-state index is 0.000937. The third-order valence-electron chi connectivity index (χ3n) is 6.90. The molecule has 1 fully saturated rings. The molecule has 2 atom stereocenters. The van der Waals surface area contributed by atoms with Gasteiger partial charge >= 0.3 is 11.9 Å². The summed E-state index contributed by atoms with van der Waals surface area (Å²) in [4.78, 5) is 60.0. The van der Waals surface area contributed by atoms with Crippen LogP contribution in [0.2, 0.25) is 0 Å². The van der Waals surface area contributed by atoms with E-state index in [1.165, 1.54) is 42.0 Å². The van der Waals surface area contributed by atoms with E-state index in [0.29, 0.717) is 17.0 Å². The molecule has 1 saturated heterocycles. The number of ether oxygens (including phenoxy) is 2. The Morgan fingerprint density at radius 1 is 1.05 bits per heavy atom. The SMILES string of the molecule is CO/N=C(/C(=O)N[C@@H]1C(=O)N2C(C(=O)OC(c3ccccc3)c3ccccc3)=C(COC(C)=O)CS[C@H]12)c1ccc(CN)s1. The number of nitrogens with one attached hydrogen (secondary N) is 1. The van der Waals surface area contributed by atoms with Crippen molar-refractivity contribution in [3.8, 4) is 0 Å². The molecule has 1 aromatic heterocycles. The molecule has 11 nitrogen and oxygen atoms in total. The van der Waals surface area contributed by atoms with Crippen molar-refractivity contribution in [1.82, 2.24) is 10.2 Å². The first-order chi connectivity index (χ1) is 21.3. The van der Waals surface area contributed by atoms with Crippen LogP contribution < -0.4 is 11.1 Å². The number of fused-ring (bicyclic) bond motifs is 1. The quantitative estimate of drug-likeness (QED) is 0.140. The Labute approximate surface area is 262 Å². The highest BCUT2D eigenvalue weighted by Gasteiger charge is 2.55. The van der Waals surface area contributed by atoms with Crippen molar-refractivity contribution in [1.29, 1.82) is 0 Å². The van der Waals surface area contributed by atoms with Crippen molar-refractivity contribution < 1.29 is 33.5 Å². The summed E-state index contributed by atoms with van der Waals surface area (Å²) in [5.74, 6) is -2.13. The Hall–Kier alpha value is -4.46. The number of thioether (sulfide) groups is 1. The van der Waals surface area contributed by atoms with Gasteiger partial charge in [-0.15, -0.1) is 23.1 Å². The molecule has 13 heteroatoms. The van der Waals surface area contributed by atoms with E-state index < -0.39 is 41.3 Å². The Morgan fingerprint density at radius 2 is 1.70 bits per heavy atom. The summed E-state index contributed by atoms with van der Waals surface area (Å²) in [5, 5.41) is 6.02. The molecular weight excluding hydrogens is 604 g/mol. The maximum Gasteiger partial charge on any atom is 0.356 e. The van der Waals surface area contributed by atoms with Crippen molar-refractivity contribution in [3.05, 3.63) is 105 Å². The van der Waals surface area contributed by atoms with Crippen molar-refractivity contribution >= 4 is 52.6 Å². The van der Waals surface area contributed by atoms with Gasteiger partial charge in [-0.25, -0.2) is 4.79 Å². The van der Waals surface area contributed by atoms with Crippen LogP contribution in [0, 0.1) is 0 Å². The van der Waals surface area contributed by atoms with Crippen LogP contribution in [0.3, 0.4) is 0 Å². The van der Waals surface area contributed by atoms with Gasteiger partial charge in [-0.05, 0) is 23.3 Å². The number of esters is 2. The number of rotatable bonds is 11. The maximum absolute atomic E-state index is 13.9. The van der Waals surface area contributed by atoms with Crippen molar-refractivity contribution in [2.24, 2.45) is 10.9 Å². The predicted octanol–water partition coefficient (Wildman–Crippen LogP) is 3.11. The summed E-state index contributed by atoms with van der Waals surface area (Å²) in [6.45, 7) is 1.38. The smallest absolute Gasteiger partial charge is 0.356 e. The van der Waals surface area contributed by atoms with Gasteiger partial charge in [0.15, 0.2) is 11.8 Å². The normalized spacial score (nSPS) is 18.0. The number of nitrogens with two attached hydrogens (primary N) is 1. The summed E-state index contributed by atoms with van der Waals surface area (Å²) < 4.78 is 11.3. The largest absolute Gasteiger partial charge is 0.461 e. The fourth-order valence-electron chi connectivity index (χ4n) is 4.83. The number of thiophene rings is 1. The monoisotopic (exact) mass is 634 g/mol. The van der Waals surface area contributed by atoms with Crippen LogP contribution in [0.4, 0.5) is 0 Å². The number of β-lactam (4-membered cyclic amide) rings is 1. The highest BCUT2D eigenvalue weighted by molar-refractivity contribution is 8.00. The summed E-state index contributed by atoms with van der Waals surface area (Å²) >= 11 is 2.63. The van der Waals surface area contributed by atoms with Crippen molar-refractivity contribution in [3.63, 3.8) is 0 Å². The van der Waals surface area contributed by atoms with E-state index in [-0.39, 0.29) is 23.8 Å². The maximum atomic E-state index is 13.9. The molecule has 0 bridgehead atoms. The first-order valence-corrected chi connectivity index (χ1v) is 15.5. The lowest BCUT2D eigenvalue weighted by atomic mass is 10.0. The second-order valence-electron chi connectivity index (χ2n) is 9.79. The van der Waals surface area contributed by atoms with Crippen molar-refractivity contribution in [2.45, 2.75) is 31.0 Å². The molecule has 2 aromatic carbocycles. The Morgan fingerprint density at radius 3 is 2.27 bits per heavy atom. The fourth-order valence-corrected chi connectivity index (χ4v) is 7.02. The highest BCUT2D eigenvalue weighted by Crippen LogP contribution is 2.41. The Kier molecular flexibility index (Phi) is 9.78. The number of carbonyl (C=O) groups excluding carboxylic acids is 4. The van der Waals surface area contributed by atoms with Crippen LogP contribution in [0.1, 0.15) is 33.9 Å². The zero-order valence-electron chi connectivity index (χ0n) is 23.9. The topological polar surface area (TPSA) is 150 Å². The van der Waals surface area contributed by atoms with Gasteiger partial charge in [0.05, 0.1) is 4.88 Å². The lowest BCUT2D eigenvalue weighted by Gasteiger charge is -2.49. The van der Waals surface area contributed by atoms with E-state index in [1.54, 1.807) is 12.1 Å². The summed E-state index contributed by atoms with van der Waals surface area (Å²) in [5.41, 5.74) is 7.63. The van der Waals surface area contributed by atoms with Crippen molar-refractivity contribution in [2.75, 3.05) is 19.5 Å². The molecule has 2 aliphatic heterocycles. The van der Waals surface area contributed by atoms with Crippen LogP contribution in [0.25, 0.3) is 0 Å². The highest BCUT2D eigenvalue weighted by atomic mass is 32.2.